The number of thiol groups is 2. The van der Waals surface area contributed by atoms with Gasteiger partial charge in [-0.1, -0.05) is 0 Å². The van der Waals surface area contributed by atoms with Gasteiger partial charge in [0.15, 0.2) is 22.2 Å². The Kier molecular flexibility index (Phi) is 9.19. The molecule has 0 aromatic rings. The Morgan fingerprint density at radius 2 is 1.26 bits per heavy atom. The van der Waals surface area contributed by atoms with Crippen molar-refractivity contribution in [1.82, 2.24) is 0 Å². The zero-order chi connectivity index (χ0) is 18.2. The first kappa shape index (κ1) is 26.6. The van der Waals surface area contributed by atoms with E-state index in [0.29, 0.717) is 18.8 Å². The molecule has 0 spiro atoms. The van der Waals surface area contributed by atoms with Crippen LogP contribution in [0.3, 0.4) is 0 Å². The van der Waals surface area contributed by atoms with Crippen LogP contribution in [0.15, 0.2) is 0 Å². The van der Waals surface area contributed by atoms with Crippen molar-refractivity contribution in [3.05, 3.63) is 0 Å². The fraction of sp³-hybridized carbons (Fsp3) is 1.00. The van der Waals surface area contributed by atoms with Gasteiger partial charge in [-0.2, -0.15) is 20.6 Å². The quantitative estimate of drug-likeness (QED) is 0.146. The summed E-state index contributed by atoms with van der Waals surface area (Å²) in [6.45, 7) is 0. The molecule has 18 heteroatoms. The molecule has 2 unspecified atom stereocenters. The first-order chi connectivity index (χ1) is 9.34. The number of rotatable bonds is 8. The average Bonchev–Trinajstić information content (AvgIpc) is 2.07. The predicted molar refractivity (Wildman–Crippen MR) is 96.4 cm³/mol. The second-order valence-electron chi connectivity index (χ2n) is 4.23. The molecule has 0 aromatic heterocycles. The first-order valence-corrected chi connectivity index (χ1v) is 17.1. The maximum absolute atomic E-state index is 12.8. The van der Waals surface area contributed by atoms with Crippen molar-refractivity contribution in [2.75, 3.05) is 31.3 Å². The summed E-state index contributed by atoms with van der Waals surface area (Å²) in [5.41, 5.74) is 0. The van der Waals surface area contributed by atoms with Gasteiger partial charge < -0.3 is 0 Å². The van der Waals surface area contributed by atoms with E-state index in [1.807, 2.05) is 0 Å². The molecule has 23 heavy (non-hydrogen) atoms. The molecule has 2 N–H and O–H groups in total. The van der Waals surface area contributed by atoms with E-state index in [-0.39, 0.29) is 18.9 Å². The van der Waals surface area contributed by atoms with Crippen LogP contribution < -0.4 is 0 Å². The molecule has 0 aliphatic heterocycles. The first-order valence-electron chi connectivity index (χ1n) is 4.98. The Morgan fingerprint density at radius 1 is 1.00 bits per heavy atom. The van der Waals surface area contributed by atoms with Crippen molar-refractivity contribution in [2.24, 2.45) is 0 Å². The van der Waals surface area contributed by atoms with Gasteiger partial charge in [-0.05, 0) is 7.41 Å². The molecule has 0 saturated carbocycles. The van der Waals surface area contributed by atoms with Gasteiger partial charge in [0, 0.05) is 25.0 Å². The second kappa shape index (κ2) is 7.95. The van der Waals surface area contributed by atoms with E-state index in [1.54, 1.807) is 0 Å². The third-order valence-corrected chi connectivity index (χ3v) is 26.4. The summed E-state index contributed by atoms with van der Waals surface area (Å²) >= 11 is -4.74. The van der Waals surface area contributed by atoms with Crippen LogP contribution in [-0.4, -0.2) is 80.3 Å². The van der Waals surface area contributed by atoms with Crippen LogP contribution in [-0.2, 0) is 64.5 Å². The number of hydrogen-bond acceptors (Lipinski definition) is 9. The predicted octanol–water partition coefficient (Wildman–Crippen LogP) is -1.48. The molecular weight excluding hydrogens is 434 g/mol. The molecule has 0 amide bonds. The summed E-state index contributed by atoms with van der Waals surface area (Å²) in [6.07, 6.45) is 2.92. The fourth-order valence-corrected chi connectivity index (χ4v) is 17.6. The minimum absolute atomic E-state index is 0. The van der Waals surface area contributed by atoms with Crippen LogP contribution in [0.25, 0.3) is 0 Å². The molecule has 0 saturated heterocycles. The molecule has 0 aliphatic carbocycles. The Morgan fingerprint density at radius 3 is 1.43 bits per heavy atom. The molecule has 0 bridgehead atoms. The van der Waals surface area contributed by atoms with Crippen LogP contribution in [0.5, 0.6) is 0 Å². The van der Waals surface area contributed by atoms with E-state index >= 15 is 0 Å². The van der Waals surface area contributed by atoms with Crippen molar-refractivity contribution >= 4 is 74.7 Å². The van der Waals surface area contributed by atoms with E-state index < -0.39 is 55.9 Å². The monoisotopic (exact) mass is 454 g/mol. The van der Waals surface area contributed by atoms with Crippen LogP contribution in [0.1, 0.15) is 0 Å². The van der Waals surface area contributed by atoms with Crippen LogP contribution in [0.4, 0.5) is 0 Å². The molecule has 2 atom stereocenters. The number of hydrogen-bond donors (Lipinski definition) is 4. The van der Waals surface area contributed by atoms with Crippen molar-refractivity contribution < 1.29 is 46.6 Å². The zero-order valence-electron chi connectivity index (χ0n) is 12.1. The minimum atomic E-state index is -5.93. The second-order valence-corrected chi connectivity index (χ2v) is 24.0. The summed E-state index contributed by atoms with van der Waals surface area (Å²) in [6, 6.07) is 0. The van der Waals surface area contributed by atoms with E-state index in [9.17, 15) is 34.7 Å². The van der Waals surface area contributed by atoms with Crippen molar-refractivity contribution in [3.63, 3.8) is 0 Å². The zero-order valence-corrected chi connectivity index (χ0v) is 17.3. The van der Waals surface area contributed by atoms with Crippen LogP contribution >= 0.6 is 7.82 Å². The van der Waals surface area contributed by atoms with Gasteiger partial charge in [0.1, 0.15) is 0 Å². The average molecular weight is 454 g/mol. The molecule has 142 valence electrons. The van der Waals surface area contributed by atoms with Gasteiger partial charge in [-0.3, -0.25) is 9.11 Å². The van der Waals surface area contributed by atoms with Gasteiger partial charge in [0.2, 0.25) is 0 Å². The molecule has 0 rings (SSSR count). The van der Waals surface area contributed by atoms with Gasteiger partial charge in [-0.15, -0.1) is 22.5 Å². The Bertz CT molecular complexity index is 658. The molecule has 0 heterocycles. The summed E-state index contributed by atoms with van der Waals surface area (Å²) in [7, 11) is -21.2. The summed E-state index contributed by atoms with van der Waals surface area (Å²) in [5.74, 6) is 0. The third kappa shape index (κ3) is 5.95. The van der Waals surface area contributed by atoms with Crippen molar-refractivity contribution in [1.29, 1.82) is 0 Å². The molecule has 0 aromatic carbocycles. The van der Waals surface area contributed by atoms with E-state index in [1.165, 1.54) is 0 Å². The summed E-state index contributed by atoms with van der Waals surface area (Å²) < 4.78 is 103. The van der Waals surface area contributed by atoms with E-state index in [2.05, 4.69) is 11.9 Å². The molecule has 11 nitrogen and oxygen atoms in total. The van der Waals surface area contributed by atoms with Crippen molar-refractivity contribution in [2.45, 2.75) is 0 Å². The normalized spacial score (nSPS) is 21.8. The Balaban J connectivity index is 0. The van der Waals surface area contributed by atoms with Crippen molar-refractivity contribution in [3.8, 4) is 0 Å². The third-order valence-electron chi connectivity index (χ3n) is 2.19. The summed E-state index contributed by atoms with van der Waals surface area (Å²) in [5, 5.41) is 0. The van der Waals surface area contributed by atoms with Crippen LogP contribution in [0, 0.1) is 0 Å². The Hall–Kier alpha value is 1.38. The van der Waals surface area contributed by atoms with Gasteiger partial charge in [0.05, 0.1) is 6.26 Å². The number of phosphoric acid groups is 1. The molecular formula is C5H20LiO11PS5. The van der Waals surface area contributed by atoms with Gasteiger partial charge in [-0.25, -0.2) is 13.0 Å². The Labute approximate surface area is 152 Å². The van der Waals surface area contributed by atoms with E-state index in [0.717, 1.165) is 12.5 Å². The van der Waals surface area contributed by atoms with Crippen LogP contribution in [0.2, 0.25) is 0 Å². The fourth-order valence-electron chi connectivity index (χ4n) is 0.909. The SMILES string of the molecule is CS(=O)OP(=O)(OS(C)=O)OS(C)(=O)([SH](C)(=O)O)[SH](C)(=O)O.[LiH]. The van der Waals surface area contributed by atoms with E-state index in [4.69, 9.17) is 0 Å². The molecule has 0 aliphatic rings. The topological polar surface area (TPSA) is 171 Å². The maximum atomic E-state index is 12.8. The molecule has 0 radical (unpaired) electrons. The molecule has 0 fully saturated rings. The summed E-state index contributed by atoms with van der Waals surface area (Å²) in [4.78, 5) is 0. The van der Waals surface area contributed by atoms with Gasteiger partial charge in [0.25, 0.3) is 0 Å². The standard InChI is InChI=1S/C5H19O11PS5.Li.H/c1-18(7)14-17(6,15-19(2)8)16-22(5,13,20(3,9)10)21(4,11)12;;/h20-21H,1-5H3,(H,9,10)(H,11,12);;. The van der Waals surface area contributed by atoms with Gasteiger partial charge >= 0.3 is 26.7 Å².